The minimum absolute atomic E-state index is 0.227. The van der Waals surface area contributed by atoms with Gasteiger partial charge in [0.2, 0.25) is 0 Å². The summed E-state index contributed by atoms with van der Waals surface area (Å²) in [7, 11) is 1.28. The van der Waals surface area contributed by atoms with E-state index in [4.69, 9.17) is 0 Å². The van der Waals surface area contributed by atoms with Crippen LogP contribution in [0.25, 0.3) is 5.69 Å². The van der Waals surface area contributed by atoms with Gasteiger partial charge in [-0.05, 0) is 34.1 Å². The van der Waals surface area contributed by atoms with Crippen LogP contribution in [0.3, 0.4) is 0 Å². The maximum atomic E-state index is 13.1. The highest BCUT2D eigenvalue weighted by atomic mass is 79.9. The Morgan fingerprint density at radius 3 is 2.88 bits per heavy atom. The molecule has 1 aromatic carbocycles. The summed E-state index contributed by atoms with van der Waals surface area (Å²) in [6.45, 7) is 0. The third-order valence-electron chi connectivity index (χ3n) is 2.13. The number of hydrogen-bond acceptors (Lipinski definition) is 3. The van der Waals surface area contributed by atoms with E-state index in [2.05, 4.69) is 25.8 Å². The highest BCUT2D eigenvalue weighted by Crippen LogP contribution is 2.17. The number of esters is 1. The van der Waals surface area contributed by atoms with Gasteiger partial charge >= 0.3 is 5.97 Å². The number of hydrogen-bond donors (Lipinski definition) is 0. The summed E-state index contributed by atoms with van der Waals surface area (Å²) in [5.41, 5.74) is 0.682. The number of methoxy groups -OCH3 is 1. The predicted octanol–water partition coefficient (Wildman–Crippen LogP) is 2.56. The summed E-state index contributed by atoms with van der Waals surface area (Å²) in [5.74, 6) is -0.933. The van der Waals surface area contributed by atoms with Crippen molar-refractivity contribution in [1.82, 2.24) is 9.78 Å². The topological polar surface area (TPSA) is 44.1 Å². The summed E-state index contributed by atoms with van der Waals surface area (Å²) in [4.78, 5) is 11.5. The van der Waals surface area contributed by atoms with Crippen LogP contribution in [0.5, 0.6) is 0 Å². The largest absolute Gasteiger partial charge is 0.464 e. The number of halogens is 2. The van der Waals surface area contributed by atoms with Gasteiger partial charge in [-0.3, -0.25) is 0 Å². The smallest absolute Gasteiger partial charge is 0.356 e. The predicted molar refractivity (Wildman–Crippen MR) is 62.6 cm³/mol. The first-order valence-corrected chi connectivity index (χ1v) is 5.51. The van der Waals surface area contributed by atoms with Gasteiger partial charge in [0.05, 0.1) is 12.8 Å². The number of ether oxygens (including phenoxy) is 1. The van der Waals surface area contributed by atoms with E-state index in [-0.39, 0.29) is 5.69 Å². The van der Waals surface area contributed by atoms with E-state index in [0.717, 1.165) is 0 Å². The second-order valence-corrected chi connectivity index (χ2v) is 4.05. The summed E-state index contributed by atoms with van der Waals surface area (Å²) in [6.07, 6.45) is 0. The van der Waals surface area contributed by atoms with Crippen LogP contribution in [0, 0.1) is 5.82 Å². The Hall–Kier alpha value is -1.69. The minimum atomic E-state index is -0.535. The molecular formula is C11H8BrFN2O2. The zero-order valence-corrected chi connectivity index (χ0v) is 10.4. The van der Waals surface area contributed by atoms with Crippen molar-refractivity contribution in [2.24, 2.45) is 0 Å². The maximum absolute atomic E-state index is 13.1. The van der Waals surface area contributed by atoms with Crippen LogP contribution in [-0.4, -0.2) is 22.9 Å². The summed E-state index contributed by atoms with van der Waals surface area (Å²) in [5, 5.41) is 4.06. The quantitative estimate of drug-likeness (QED) is 0.801. The number of carbonyl (C=O) groups is 1. The van der Waals surface area contributed by atoms with E-state index >= 15 is 0 Å². The SMILES string of the molecule is COC(=O)c1cc(Br)nn1-c1cccc(F)c1. The normalized spacial score (nSPS) is 10.3. The molecule has 0 aliphatic carbocycles. The Bertz CT molecular complexity index is 568. The van der Waals surface area contributed by atoms with Crippen molar-refractivity contribution in [3.63, 3.8) is 0 Å². The molecule has 0 saturated heterocycles. The van der Waals surface area contributed by atoms with Crippen LogP contribution in [0.1, 0.15) is 10.5 Å². The Balaban J connectivity index is 2.55. The zero-order chi connectivity index (χ0) is 12.4. The lowest BCUT2D eigenvalue weighted by Gasteiger charge is -2.05. The van der Waals surface area contributed by atoms with Gasteiger partial charge in [-0.1, -0.05) is 6.07 Å². The molecule has 0 fully saturated rings. The Labute approximate surface area is 105 Å². The van der Waals surface area contributed by atoms with Crippen LogP contribution in [-0.2, 0) is 4.74 Å². The molecule has 0 amide bonds. The molecule has 1 heterocycles. The Morgan fingerprint density at radius 1 is 1.47 bits per heavy atom. The highest BCUT2D eigenvalue weighted by molar-refractivity contribution is 9.10. The first-order chi connectivity index (χ1) is 8.11. The van der Waals surface area contributed by atoms with Crippen molar-refractivity contribution in [2.75, 3.05) is 7.11 Å². The number of nitrogens with zero attached hydrogens (tertiary/aromatic N) is 2. The van der Waals surface area contributed by atoms with Crippen LogP contribution in [0.2, 0.25) is 0 Å². The van der Waals surface area contributed by atoms with Gasteiger partial charge < -0.3 is 4.74 Å². The summed E-state index contributed by atoms with van der Waals surface area (Å²) in [6, 6.07) is 7.30. The molecule has 0 aliphatic rings. The molecule has 4 nitrogen and oxygen atoms in total. The highest BCUT2D eigenvalue weighted by Gasteiger charge is 2.16. The van der Waals surface area contributed by atoms with Crippen molar-refractivity contribution in [3.05, 3.63) is 46.4 Å². The van der Waals surface area contributed by atoms with Crippen LogP contribution < -0.4 is 0 Å². The van der Waals surface area contributed by atoms with E-state index < -0.39 is 11.8 Å². The molecule has 0 spiro atoms. The van der Waals surface area contributed by atoms with Crippen LogP contribution in [0.4, 0.5) is 4.39 Å². The molecule has 2 aromatic rings. The van der Waals surface area contributed by atoms with E-state index in [9.17, 15) is 9.18 Å². The van der Waals surface area contributed by atoms with Crippen molar-refractivity contribution < 1.29 is 13.9 Å². The number of benzene rings is 1. The fraction of sp³-hybridized carbons (Fsp3) is 0.0909. The van der Waals surface area contributed by atoms with Crippen molar-refractivity contribution in [3.8, 4) is 5.69 Å². The molecule has 1 aromatic heterocycles. The third kappa shape index (κ3) is 2.36. The van der Waals surface area contributed by atoms with Gasteiger partial charge in [-0.25, -0.2) is 13.9 Å². The molecule has 0 aliphatic heterocycles. The fourth-order valence-electron chi connectivity index (χ4n) is 1.41. The average molecular weight is 299 g/mol. The lowest BCUT2D eigenvalue weighted by Crippen LogP contribution is -2.10. The van der Waals surface area contributed by atoms with E-state index in [1.165, 1.54) is 30.0 Å². The van der Waals surface area contributed by atoms with Crippen LogP contribution in [0.15, 0.2) is 34.9 Å². The van der Waals surface area contributed by atoms with Gasteiger partial charge in [0.1, 0.15) is 10.4 Å². The summed E-state index contributed by atoms with van der Waals surface area (Å²) >= 11 is 3.16. The van der Waals surface area contributed by atoms with E-state index in [1.807, 2.05) is 0 Å². The molecule has 0 radical (unpaired) electrons. The second-order valence-electron chi connectivity index (χ2n) is 3.24. The first kappa shape index (κ1) is 11.8. The number of carbonyl (C=O) groups excluding carboxylic acids is 1. The number of aromatic nitrogens is 2. The lowest BCUT2D eigenvalue weighted by atomic mass is 10.3. The molecule has 17 heavy (non-hydrogen) atoms. The molecule has 0 atom stereocenters. The average Bonchev–Trinajstić information content (AvgIpc) is 2.70. The van der Waals surface area contributed by atoms with Gasteiger partial charge in [-0.15, -0.1) is 0 Å². The summed E-state index contributed by atoms with van der Waals surface area (Å²) < 4.78 is 19.5. The lowest BCUT2D eigenvalue weighted by molar-refractivity contribution is 0.0590. The van der Waals surface area contributed by atoms with Crippen molar-refractivity contribution >= 4 is 21.9 Å². The molecule has 6 heteroatoms. The van der Waals surface area contributed by atoms with Crippen molar-refractivity contribution in [1.29, 1.82) is 0 Å². The molecular weight excluding hydrogens is 291 g/mol. The standard InChI is InChI=1S/C11H8BrFN2O2/c1-17-11(16)9-6-10(12)14-15(9)8-4-2-3-7(13)5-8/h2-6H,1H3. The Morgan fingerprint density at radius 2 is 2.24 bits per heavy atom. The Kier molecular flexibility index (Phi) is 3.23. The minimum Gasteiger partial charge on any atom is -0.464 e. The van der Waals surface area contributed by atoms with Crippen LogP contribution >= 0.6 is 15.9 Å². The molecule has 0 saturated carbocycles. The van der Waals surface area contributed by atoms with E-state index in [1.54, 1.807) is 12.1 Å². The molecule has 0 unspecified atom stereocenters. The zero-order valence-electron chi connectivity index (χ0n) is 8.85. The number of rotatable bonds is 2. The van der Waals surface area contributed by atoms with Gasteiger partial charge in [0, 0.05) is 6.07 Å². The van der Waals surface area contributed by atoms with E-state index in [0.29, 0.717) is 10.3 Å². The third-order valence-corrected chi connectivity index (χ3v) is 2.51. The molecule has 2 rings (SSSR count). The molecule has 0 N–H and O–H groups in total. The molecule has 88 valence electrons. The van der Waals surface area contributed by atoms with Gasteiger partial charge in [-0.2, -0.15) is 5.10 Å². The first-order valence-electron chi connectivity index (χ1n) is 4.71. The fourth-order valence-corrected chi connectivity index (χ4v) is 1.78. The monoisotopic (exact) mass is 298 g/mol. The molecule has 0 bridgehead atoms. The maximum Gasteiger partial charge on any atom is 0.356 e. The van der Waals surface area contributed by atoms with Gasteiger partial charge in [0.15, 0.2) is 5.69 Å². The van der Waals surface area contributed by atoms with Gasteiger partial charge in [0.25, 0.3) is 0 Å². The second kappa shape index (κ2) is 4.67. The van der Waals surface area contributed by atoms with Crippen molar-refractivity contribution in [2.45, 2.75) is 0 Å².